The van der Waals surface area contributed by atoms with Crippen molar-refractivity contribution in [1.29, 1.82) is 0 Å². The van der Waals surface area contributed by atoms with E-state index >= 15 is 0 Å². The Kier molecular flexibility index (Phi) is 7.63. The Balaban J connectivity index is 4.93. The Morgan fingerprint density at radius 1 is 0.857 bits per heavy atom. The molecule has 0 saturated carbocycles. The van der Waals surface area contributed by atoms with E-state index in [9.17, 15) is 16.8 Å². The maximum absolute atomic E-state index is 11.9. The van der Waals surface area contributed by atoms with Gasteiger partial charge in [-0.25, -0.2) is 16.8 Å². The van der Waals surface area contributed by atoms with Gasteiger partial charge in [-0.3, -0.25) is 0 Å². The average molecular weight is 423 g/mol. The van der Waals surface area contributed by atoms with E-state index in [4.69, 9.17) is 46.4 Å². The smallest absolute Gasteiger partial charge is 0.187 e. The number of sulfone groups is 2. The minimum Gasteiger partial charge on any atom is -0.311 e. The summed E-state index contributed by atoms with van der Waals surface area (Å²) >= 11 is 23.1. The molecule has 0 saturated heterocycles. The predicted octanol–water partition coefficient (Wildman–Crippen LogP) is 2.49. The lowest BCUT2D eigenvalue weighted by molar-refractivity contribution is 0.538. The molecule has 0 bridgehead atoms. The summed E-state index contributed by atoms with van der Waals surface area (Å²) in [6.07, 6.45) is 0. The van der Waals surface area contributed by atoms with Crippen molar-refractivity contribution in [2.75, 3.05) is 13.1 Å². The van der Waals surface area contributed by atoms with Crippen molar-refractivity contribution in [3.63, 3.8) is 0 Å². The van der Waals surface area contributed by atoms with Gasteiger partial charge in [0, 0.05) is 13.1 Å². The van der Waals surface area contributed by atoms with Crippen LogP contribution in [0, 0.1) is 0 Å². The molecule has 4 atom stereocenters. The zero-order chi connectivity index (χ0) is 17.3. The van der Waals surface area contributed by atoms with Crippen LogP contribution in [0.4, 0.5) is 0 Å². The number of rotatable bonds is 8. The first-order valence-corrected chi connectivity index (χ1v) is 10.7. The van der Waals surface area contributed by atoms with Crippen LogP contribution < -0.4 is 5.32 Å². The molecule has 0 amide bonds. The van der Waals surface area contributed by atoms with Gasteiger partial charge in [-0.15, -0.1) is 46.4 Å². The molecule has 5 nitrogen and oxygen atoms in total. The van der Waals surface area contributed by atoms with Crippen LogP contribution in [-0.2, 0) is 19.7 Å². The highest BCUT2D eigenvalue weighted by Crippen LogP contribution is 2.30. The minimum absolute atomic E-state index is 0.220. The molecule has 0 aliphatic heterocycles. The molecular formula is C10H19Cl4NO4S2. The normalized spacial score (nSPS) is 22.1. The summed E-state index contributed by atoms with van der Waals surface area (Å²) in [6.45, 7) is 4.70. The van der Waals surface area contributed by atoms with E-state index in [0.717, 1.165) is 0 Å². The Labute approximate surface area is 146 Å². The second kappa shape index (κ2) is 7.28. The molecule has 11 heteroatoms. The molecule has 0 radical (unpaired) electrons. The van der Waals surface area contributed by atoms with E-state index < -0.39 is 37.5 Å². The van der Waals surface area contributed by atoms with Gasteiger partial charge in [-0.05, 0) is 27.7 Å². The molecule has 21 heavy (non-hydrogen) atoms. The number of alkyl halides is 4. The molecule has 0 rings (SSSR count). The monoisotopic (exact) mass is 421 g/mol. The van der Waals surface area contributed by atoms with Gasteiger partial charge in [0.15, 0.2) is 28.1 Å². The molecule has 0 heterocycles. The van der Waals surface area contributed by atoms with E-state index in [0.29, 0.717) is 0 Å². The summed E-state index contributed by atoms with van der Waals surface area (Å²) in [5.74, 6) is 0. The van der Waals surface area contributed by atoms with Crippen molar-refractivity contribution < 1.29 is 16.8 Å². The van der Waals surface area contributed by atoms with Crippen molar-refractivity contribution >= 4 is 66.1 Å². The molecule has 0 fully saturated rings. The van der Waals surface area contributed by atoms with Gasteiger partial charge in [0.2, 0.25) is 0 Å². The predicted molar refractivity (Wildman–Crippen MR) is 89.9 cm³/mol. The second-order valence-corrected chi connectivity index (χ2v) is 14.3. The van der Waals surface area contributed by atoms with Crippen LogP contribution in [0.25, 0.3) is 0 Å². The van der Waals surface area contributed by atoms with Crippen molar-refractivity contribution in [2.45, 2.75) is 45.5 Å². The fourth-order valence-electron chi connectivity index (χ4n) is 1.39. The molecule has 0 aromatic heterocycles. The third-order valence-corrected chi connectivity index (χ3v) is 10.3. The van der Waals surface area contributed by atoms with Crippen molar-refractivity contribution in [3.05, 3.63) is 0 Å². The molecule has 0 spiro atoms. The number of halogens is 4. The molecule has 0 aliphatic carbocycles. The van der Waals surface area contributed by atoms with Crippen molar-refractivity contribution in [2.24, 2.45) is 0 Å². The Hall–Kier alpha value is 1.02. The lowest BCUT2D eigenvalue weighted by atomic mass is 10.4. The van der Waals surface area contributed by atoms with Crippen LogP contribution in [0.1, 0.15) is 27.7 Å². The van der Waals surface area contributed by atoms with E-state index in [1.165, 1.54) is 27.7 Å². The van der Waals surface area contributed by atoms with Gasteiger partial charge in [-0.2, -0.15) is 0 Å². The van der Waals surface area contributed by atoms with Gasteiger partial charge >= 0.3 is 0 Å². The standard InChI is InChI=1S/C10H19Cl4NO4S2/c1-7(11)20(16,17)9(3,13)5-15-6-10(4,14)21(18,19)8(2)12/h7-8,15H,5-6H2,1-4H3. The first kappa shape index (κ1) is 22.0. The highest BCUT2D eigenvalue weighted by Gasteiger charge is 2.43. The zero-order valence-electron chi connectivity index (χ0n) is 12.0. The number of nitrogens with one attached hydrogen (secondary N) is 1. The van der Waals surface area contributed by atoms with Gasteiger partial charge in [0.1, 0.15) is 9.42 Å². The highest BCUT2D eigenvalue weighted by molar-refractivity contribution is 7.96. The quantitative estimate of drug-likeness (QED) is 0.607. The summed E-state index contributed by atoms with van der Waals surface area (Å²) in [5.41, 5.74) is 0. The largest absolute Gasteiger partial charge is 0.311 e. The van der Waals surface area contributed by atoms with E-state index in [-0.39, 0.29) is 13.1 Å². The molecule has 1 N–H and O–H groups in total. The van der Waals surface area contributed by atoms with E-state index in [2.05, 4.69) is 5.32 Å². The molecule has 0 aliphatic rings. The second-order valence-electron chi connectivity index (χ2n) is 4.98. The molecular weight excluding hydrogens is 404 g/mol. The number of hydrogen-bond acceptors (Lipinski definition) is 5. The van der Waals surface area contributed by atoms with E-state index in [1.807, 2.05) is 0 Å². The highest BCUT2D eigenvalue weighted by atomic mass is 35.5. The topological polar surface area (TPSA) is 80.3 Å². The fraction of sp³-hybridized carbons (Fsp3) is 1.00. The average Bonchev–Trinajstić information content (AvgIpc) is 2.27. The van der Waals surface area contributed by atoms with E-state index in [1.54, 1.807) is 0 Å². The molecule has 4 unspecified atom stereocenters. The lowest BCUT2D eigenvalue weighted by Gasteiger charge is -2.28. The van der Waals surface area contributed by atoms with Gasteiger partial charge in [-0.1, -0.05) is 0 Å². The van der Waals surface area contributed by atoms with Gasteiger partial charge in [0.25, 0.3) is 0 Å². The fourth-order valence-corrected chi connectivity index (χ4v) is 5.79. The lowest BCUT2D eigenvalue weighted by Crippen LogP contribution is -2.48. The van der Waals surface area contributed by atoms with Gasteiger partial charge < -0.3 is 5.32 Å². The van der Waals surface area contributed by atoms with Crippen molar-refractivity contribution in [3.8, 4) is 0 Å². The summed E-state index contributed by atoms with van der Waals surface area (Å²) in [4.78, 5) is 0. The number of hydrogen-bond donors (Lipinski definition) is 1. The third kappa shape index (κ3) is 4.99. The van der Waals surface area contributed by atoms with Crippen LogP contribution in [0.3, 0.4) is 0 Å². The molecule has 128 valence electrons. The summed E-state index contributed by atoms with van der Waals surface area (Å²) in [6, 6.07) is 0. The van der Waals surface area contributed by atoms with Crippen molar-refractivity contribution in [1.82, 2.24) is 5.32 Å². The molecule has 0 aromatic rings. The van der Waals surface area contributed by atoms with Crippen LogP contribution in [0.15, 0.2) is 0 Å². The molecule has 0 aromatic carbocycles. The summed E-state index contributed by atoms with van der Waals surface area (Å²) in [7, 11) is -7.59. The summed E-state index contributed by atoms with van der Waals surface area (Å²) in [5, 5.41) is 2.65. The Morgan fingerprint density at radius 3 is 1.29 bits per heavy atom. The summed E-state index contributed by atoms with van der Waals surface area (Å²) < 4.78 is 42.0. The van der Waals surface area contributed by atoms with Crippen LogP contribution in [0.2, 0.25) is 0 Å². The SMILES string of the molecule is CC(Cl)S(=O)(=O)C(C)(Cl)CNCC(C)(Cl)S(=O)(=O)C(C)Cl. The zero-order valence-corrected chi connectivity index (χ0v) is 16.7. The Bertz CT molecular complexity index is 506. The third-order valence-electron chi connectivity index (χ3n) is 2.92. The maximum Gasteiger partial charge on any atom is 0.187 e. The van der Waals surface area contributed by atoms with Crippen LogP contribution >= 0.6 is 46.4 Å². The van der Waals surface area contributed by atoms with Crippen LogP contribution in [0.5, 0.6) is 0 Å². The van der Waals surface area contributed by atoms with Gasteiger partial charge in [0.05, 0.1) is 0 Å². The first-order valence-electron chi connectivity index (χ1n) is 5.93. The van der Waals surface area contributed by atoms with Crippen LogP contribution in [-0.4, -0.2) is 47.8 Å². The minimum atomic E-state index is -3.80. The maximum atomic E-state index is 11.9. The first-order chi connectivity index (χ1) is 9.09. The Morgan fingerprint density at radius 2 is 1.10 bits per heavy atom.